The molecule has 0 saturated carbocycles. The molecule has 2 atom stereocenters. The first kappa shape index (κ1) is 30.8. The number of rotatable bonds is 12. The predicted molar refractivity (Wildman–Crippen MR) is 142 cm³/mol. The van der Waals surface area contributed by atoms with Crippen molar-refractivity contribution in [3.05, 3.63) is 63.6 Å². The molecule has 204 valence electrons. The van der Waals surface area contributed by atoms with Gasteiger partial charge in [-0.1, -0.05) is 36.2 Å². The topological polar surface area (TPSA) is 86.8 Å². The number of sulfonamides is 1. The highest BCUT2D eigenvalue weighted by molar-refractivity contribution is 7.92. The molecule has 0 radical (unpaired) electrons. The first-order valence-corrected chi connectivity index (χ1v) is 14.3. The van der Waals surface area contributed by atoms with E-state index in [1.165, 1.54) is 11.0 Å². The molecule has 0 aliphatic heterocycles. The second-order valence-corrected chi connectivity index (χ2v) is 11.5. The van der Waals surface area contributed by atoms with Crippen LogP contribution in [0.25, 0.3) is 0 Å². The molecule has 0 saturated heterocycles. The number of nitrogens with zero attached hydrogens (tertiary/aromatic N) is 2. The van der Waals surface area contributed by atoms with Crippen LogP contribution < -0.4 is 9.62 Å². The summed E-state index contributed by atoms with van der Waals surface area (Å²) in [5, 5.41) is 3.62. The Kier molecular flexibility index (Phi) is 11.1. The van der Waals surface area contributed by atoms with Crippen LogP contribution in [0.1, 0.15) is 45.6 Å². The van der Waals surface area contributed by atoms with E-state index >= 15 is 0 Å². The Hall–Kier alpha value is -2.43. The van der Waals surface area contributed by atoms with Crippen LogP contribution in [0.2, 0.25) is 10.0 Å². The summed E-state index contributed by atoms with van der Waals surface area (Å²) in [6.45, 7) is 5.25. The smallest absolute Gasteiger partial charge is 0.242 e. The predicted octanol–water partition coefficient (Wildman–Crippen LogP) is 5.15. The largest absolute Gasteiger partial charge is 0.352 e. The Labute approximate surface area is 226 Å². The van der Waals surface area contributed by atoms with Gasteiger partial charge in [-0.2, -0.15) is 0 Å². The van der Waals surface area contributed by atoms with Crippen LogP contribution in [0.5, 0.6) is 0 Å². The first-order chi connectivity index (χ1) is 17.2. The fourth-order valence-electron chi connectivity index (χ4n) is 3.53. The average Bonchev–Trinajstić information content (AvgIpc) is 2.81. The summed E-state index contributed by atoms with van der Waals surface area (Å²) in [6, 6.07) is 6.67. The van der Waals surface area contributed by atoms with Gasteiger partial charge < -0.3 is 10.2 Å². The normalized spacial score (nSPS) is 13.1. The summed E-state index contributed by atoms with van der Waals surface area (Å²) in [5.74, 6) is -3.04. The number of benzene rings is 2. The molecule has 0 spiro atoms. The van der Waals surface area contributed by atoms with Crippen molar-refractivity contribution in [2.45, 2.75) is 58.7 Å². The van der Waals surface area contributed by atoms with Gasteiger partial charge in [0.15, 0.2) is 11.6 Å². The van der Waals surface area contributed by atoms with E-state index in [-0.39, 0.29) is 43.6 Å². The number of halogens is 4. The van der Waals surface area contributed by atoms with E-state index in [1.807, 2.05) is 13.8 Å². The number of carbonyl (C=O) groups excluding carboxylic acids is 2. The third-order valence-electron chi connectivity index (χ3n) is 5.87. The van der Waals surface area contributed by atoms with E-state index in [9.17, 15) is 26.8 Å². The maximum Gasteiger partial charge on any atom is 0.242 e. The van der Waals surface area contributed by atoms with E-state index in [0.717, 1.165) is 28.8 Å². The maximum absolute atomic E-state index is 13.7. The zero-order chi connectivity index (χ0) is 27.9. The van der Waals surface area contributed by atoms with Crippen LogP contribution in [0.15, 0.2) is 36.4 Å². The SMILES string of the molecule is CC[C@@H](C)NC(=O)[C@H](C)N(Cc1ccc(Cl)cc1Cl)C(=O)CCCN(c1ccc(F)c(F)c1)S(C)(=O)=O. The molecule has 0 bridgehead atoms. The Morgan fingerprint density at radius 2 is 1.73 bits per heavy atom. The monoisotopic (exact) mass is 577 g/mol. The molecule has 37 heavy (non-hydrogen) atoms. The Morgan fingerprint density at radius 1 is 1.05 bits per heavy atom. The lowest BCUT2D eigenvalue weighted by Gasteiger charge is -2.30. The lowest BCUT2D eigenvalue weighted by molar-refractivity contribution is -0.140. The summed E-state index contributed by atoms with van der Waals surface area (Å²) in [4.78, 5) is 27.5. The summed E-state index contributed by atoms with van der Waals surface area (Å²) in [7, 11) is -3.84. The molecule has 0 aliphatic carbocycles. The van der Waals surface area contributed by atoms with Crippen LogP contribution in [0, 0.1) is 11.6 Å². The molecule has 0 heterocycles. The quantitative estimate of drug-likeness (QED) is 0.378. The number of carbonyl (C=O) groups is 2. The van der Waals surface area contributed by atoms with E-state index in [4.69, 9.17) is 23.2 Å². The molecule has 0 aromatic heterocycles. The molecular formula is C25H31Cl2F2N3O4S. The molecule has 0 fully saturated rings. The van der Waals surface area contributed by atoms with Gasteiger partial charge in [0.25, 0.3) is 0 Å². The number of amides is 2. The zero-order valence-corrected chi connectivity index (χ0v) is 23.4. The van der Waals surface area contributed by atoms with Crippen LogP contribution >= 0.6 is 23.2 Å². The van der Waals surface area contributed by atoms with Crippen LogP contribution in [-0.2, 0) is 26.2 Å². The Bertz CT molecular complexity index is 1230. The van der Waals surface area contributed by atoms with E-state index in [1.54, 1.807) is 19.1 Å². The van der Waals surface area contributed by atoms with Crippen LogP contribution in [0.4, 0.5) is 14.5 Å². The van der Waals surface area contributed by atoms with Gasteiger partial charge in [0, 0.05) is 41.7 Å². The zero-order valence-electron chi connectivity index (χ0n) is 21.1. The first-order valence-electron chi connectivity index (χ1n) is 11.7. The van der Waals surface area contributed by atoms with Crippen molar-refractivity contribution in [3.63, 3.8) is 0 Å². The highest BCUT2D eigenvalue weighted by atomic mass is 35.5. The molecule has 2 aromatic rings. The molecule has 0 aliphatic rings. The molecule has 2 aromatic carbocycles. The van der Waals surface area contributed by atoms with E-state index in [0.29, 0.717) is 22.0 Å². The third-order valence-corrected chi connectivity index (χ3v) is 7.65. The summed E-state index contributed by atoms with van der Waals surface area (Å²) in [5.41, 5.74) is 0.530. The van der Waals surface area contributed by atoms with Gasteiger partial charge in [0.2, 0.25) is 21.8 Å². The molecule has 0 unspecified atom stereocenters. The van der Waals surface area contributed by atoms with Gasteiger partial charge >= 0.3 is 0 Å². The fraction of sp³-hybridized carbons (Fsp3) is 0.440. The molecule has 2 rings (SSSR count). The Morgan fingerprint density at radius 3 is 2.30 bits per heavy atom. The van der Waals surface area contributed by atoms with Gasteiger partial charge in [0.1, 0.15) is 6.04 Å². The van der Waals surface area contributed by atoms with Crippen molar-refractivity contribution in [1.29, 1.82) is 0 Å². The van der Waals surface area contributed by atoms with Crippen molar-refractivity contribution >= 4 is 50.7 Å². The number of hydrogen-bond donors (Lipinski definition) is 1. The molecular weight excluding hydrogens is 547 g/mol. The second-order valence-electron chi connectivity index (χ2n) is 8.79. The minimum atomic E-state index is -3.84. The summed E-state index contributed by atoms with van der Waals surface area (Å²) >= 11 is 12.3. The van der Waals surface area contributed by atoms with Gasteiger partial charge in [0.05, 0.1) is 11.9 Å². The van der Waals surface area contributed by atoms with Crippen molar-refractivity contribution in [3.8, 4) is 0 Å². The fourth-order valence-corrected chi connectivity index (χ4v) is 4.95. The lowest BCUT2D eigenvalue weighted by atomic mass is 10.1. The van der Waals surface area contributed by atoms with Crippen molar-refractivity contribution in [2.24, 2.45) is 0 Å². The molecule has 1 N–H and O–H groups in total. The molecule has 12 heteroatoms. The minimum absolute atomic E-state index is 0.0306. The van der Waals surface area contributed by atoms with Gasteiger partial charge in [-0.25, -0.2) is 17.2 Å². The number of hydrogen-bond acceptors (Lipinski definition) is 4. The second kappa shape index (κ2) is 13.4. The highest BCUT2D eigenvalue weighted by Gasteiger charge is 2.28. The summed E-state index contributed by atoms with van der Waals surface area (Å²) < 4.78 is 52.6. The number of nitrogens with one attached hydrogen (secondary N) is 1. The molecule has 7 nitrogen and oxygen atoms in total. The molecule has 2 amide bonds. The van der Waals surface area contributed by atoms with Crippen LogP contribution in [-0.4, -0.2) is 50.0 Å². The van der Waals surface area contributed by atoms with Crippen molar-refractivity contribution in [1.82, 2.24) is 10.2 Å². The van der Waals surface area contributed by atoms with Gasteiger partial charge in [-0.15, -0.1) is 0 Å². The average molecular weight is 579 g/mol. The highest BCUT2D eigenvalue weighted by Crippen LogP contribution is 2.25. The number of anilines is 1. The maximum atomic E-state index is 13.7. The van der Waals surface area contributed by atoms with Crippen molar-refractivity contribution < 1.29 is 26.8 Å². The Balaban J connectivity index is 2.23. The van der Waals surface area contributed by atoms with Crippen molar-refractivity contribution in [2.75, 3.05) is 17.1 Å². The third kappa shape index (κ3) is 8.83. The van der Waals surface area contributed by atoms with E-state index in [2.05, 4.69) is 5.32 Å². The van der Waals surface area contributed by atoms with E-state index < -0.39 is 33.6 Å². The standard InChI is InChI=1S/C25H31Cl2F2N3O4S/c1-5-16(2)30-25(34)17(3)31(15-18-8-9-19(26)13-21(18)27)24(33)7-6-12-32(37(4,35)36)20-10-11-22(28)23(29)14-20/h8-11,13-14,16-17H,5-7,12,15H2,1-4H3,(H,30,34)/t16-,17+/m1/s1. The van der Waals surface area contributed by atoms with Gasteiger partial charge in [-0.05, 0) is 56.5 Å². The van der Waals surface area contributed by atoms with Gasteiger partial charge in [-0.3, -0.25) is 13.9 Å². The minimum Gasteiger partial charge on any atom is -0.352 e. The van der Waals surface area contributed by atoms with Crippen LogP contribution in [0.3, 0.4) is 0 Å². The summed E-state index contributed by atoms with van der Waals surface area (Å²) in [6.07, 6.45) is 1.60. The lowest BCUT2D eigenvalue weighted by Crippen LogP contribution is -2.49.